The van der Waals surface area contributed by atoms with Crippen LogP contribution < -0.4 is 20.3 Å². The Labute approximate surface area is 234 Å². The Hall–Kier alpha value is -4.97. The zero-order valence-corrected chi connectivity index (χ0v) is 23.1. The monoisotopic (exact) mass is 576 g/mol. The zero-order chi connectivity index (χ0) is 29.3. The number of pyridine rings is 1. The molecule has 5 aromatic rings. The van der Waals surface area contributed by atoms with Gasteiger partial charge in [0.1, 0.15) is 22.9 Å². The Morgan fingerprint density at radius 3 is 2.46 bits per heavy atom. The Bertz CT molecular complexity index is 1950. The third-order valence-corrected chi connectivity index (χ3v) is 7.01. The van der Waals surface area contributed by atoms with Gasteiger partial charge in [-0.1, -0.05) is 18.2 Å². The van der Waals surface area contributed by atoms with E-state index in [1.165, 1.54) is 29.9 Å². The van der Waals surface area contributed by atoms with Gasteiger partial charge in [-0.05, 0) is 49.4 Å². The summed E-state index contributed by atoms with van der Waals surface area (Å²) >= 11 is 0. The third kappa shape index (κ3) is 5.68. The highest BCUT2D eigenvalue weighted by Crippen LogP contribution is 2.33. The minimum Gasteiger partial charge on any atom is -0.497 e. The number of hydrogen-bond donors (Lipinski definition) is 1. The topological polar surface area (TPSA) is 122 Å². The maximum atomic E-state index is 15.1. The lowest BCUT2D eigenvalue weighted by Crippen LogP contribution is -2.26. The molecular weight excluding hydrogens is 551 g/mol. The zero-order valence-electron chi connectivity index (χ0n) is 22.3. The number of benzene rings is 3. The first-order chi connectivity index (χ1) is 19.6. The van der Waals surface area contributed by atoms with Crippen molar-refractivity contribution in [1.82, 2.24) is 14.3 Å². The van der Waals surface area contributed by atoms with Crippen LogP contribution in [0, 0.1) is 12.7 Å². The summed E-state index contributed by atoms with van der Waals surface area (Å²) < 4.78 is 52.7. The molecule has 41 heavy (non-hydrogen) atoms. The van der Waals surface area contributed by atoms with Crippen LogP contribution in [0.5, 0.6) is 17.2 Å². The van der Waals surface area contributed by atoms with Gasteiger partial charge in [0.2, 0.25) is 0 Å². The summed E-state index contributed by atoms with van der Waals surface area (Å²) in [6.45, 7) is 1.48. The third-order valence-electron chi connectivity index (χ3n) is 6.30. The quantitative estimate of drug-likeness (QED) is 0.284. The van der Waals surface area contributed by atoms with Gasteiger partial charge in [0.15, 0.2) is 21.4 Å². The lowest BCUT2D eigenvalue weighted by atomic mass is 10.2. The first-order valence-corrected chi connectivity index (χ1v) is 14.4. The Morgan fingerprint density at radius 2 is 1.78 bits per heavy atom. The number of nitrogens with zero attached hydrogens (tertiary/aromatic N) is 3. The van der Waals surface area contributed by atoms with Gasteiger partial charge in [-0.15, -0.1) is 0 Å². The van der Waals surface area contributed by atoms with E-state index in [2.05, 4.69) is 10.3 Å². The molecule has 0 saturated heterocycles. The first-order valence-electron chi connectivity index (χ1n) is 12.3. The number of methoxy groups -OCH3 is 1. The van der Waals surface area contributed by atoms with E-state index in [0.29, 0.717) is 28.1 Å². The number of carbonyl (C=O) groups excluding carboxylic acids is 1. The van der Waals surface area contributed by atoms with Gasteiger partial charge in [-0.2, -0.15) is 0 Å². The van der Waals surface area contributed by atoms with E-state index in [1.54, 1.807) is 61.7 Å². The molecule has 3 aromatic carbocycles. The molecule has 0 aliphatic rings. The number of fused-ring (bicyclic) bond motifs is 1. The molecule has 2 aromatic heterocycles. The smallest absolute Gasteiger partial charge is 0.284 e. The molecule has 10 nitrogen and oxygen atoms in total. The summed E-state index contributed by atoms with van der Waals surface area (Å²) in [4.78, 5) is 30.9. The number of anilines is 1. The van der Waals surface area contributed by atoms with E-state index in [1.807, 2.05) is 0 Å². The summed E-state index contributed by atoms with van der Waals surface area (Å²) in [5.41, 5.74) is 0.227. The van der Waals surface area contributed by atoms with Crippen LogP contribution >= 0.6 is 0 Å². The van der Waals surface area contributed by atoms with Crippen molar-refractivity contribution in [3.8, 4) is 22.9 Å². The van der Waals surface area contributed by atoms with E-state index in [0.717, 1.165) is 17.0 Å². The first kappa shape index (κ1) is 27.6. The molecule has 0 fully saturated rings. The number of hydrogen-bond acceptors (Lipinski definition) is 7. The van der Waals surface area contributed by atoms with Crippen molar-refractivity contribution in [2.24, 2.45) is 0 Å². The number of para-hydroxylation sites is 1. The largest absolute Gasteiger partial charge is 0.497 e. The minimum absolute atomic E-state index is 0.0742. The SMILES string of the molecule is COc1ccc2c(Oc3ccc(NC(=O)c4c(C)n(CS(C)(=O)=O)n(-c5ccccc5)c4=O)cc3F)ccnc2c1. The van der Waals surface area contributed by atoms with Gasteiger partial charge in [0.05, 0.1) is 24.0 Å². The summed E-state index contributed by atoms with van der Waals surface area (Å²) in [7, 11) is -2.03. The molecule has 0 bridgehead atoms. The number of nitrogens with one attached hydrogen (secondary N) is 1. The maximum absolute atomic E-state index is 15.1. The van der Waals surface area contributed by atoms with Crippen molar-refractivity contribution in [1.29, 1.82) is 0 Å². The fourth-order valence-corrected chi connectivity index (χ4v) is 5.16. The van der Waals surface area contributed by atoms with E-state index in [9.17, 15) is 18.0 Å². The Morgan fingerprint density at radius 1 is 1.02 bits per heavy atom. The fourth-order valence-electron chi connectivity index (χ4n) is 4.40. The molecule has 0 unspecified atom stereocenters. The predicted molar refractivity (Wildman–Crippen MR) is 152 cm³/mol. The van der Waals surface area contributed by atoms with E-state index in [4.69, 9.17) is 9.47 Å². The molecule has 0 spiro atoms. The van der Waals surface area contributed by atoms with Crippen molar-refractivity contribution in [2.45, 2.75) is 12.8 Å². The van der Waals surface area contributed by atoms with Crippen LogP contribution in [0.4, 0.5) is 10.1 Å². The Kier molecular flexibility index (Phi) is 7.33. The van der Waals surface area contributed by atoms with Crippen molar-refractivity contribution in [3.05, 3.63) is 106 Å². The number of halogens is 1. The molecule has 1 N–H and O–H groups in total. The highest BCUT2D eigenvalue weighted by Gasteiger charge is 2.25. The van der Waals surface area contributed by atoms with E-state index < -0.39 is 33.0 Å². The van der Waals surface area contributed by atoms with Crippen LogP contribution in [0.25, 0.3) is 16.6 Å². The lowest BCUT2D eigenvalue weighted by Gasteiger charge is -2.12. The molecule has 12 heteroatoms. The molecule has 210 valence electrons. The van der Waals surface area contributed by atoms with Gasteiger partial charge < -0.3 is 14.8 Å². The summed E-state index contributed by atoms with van der Waals surface area (Å²) in [5, 5.41) is 3.18. The molecule has 0 aliphatic heterocycles. The van der Waals surface area contributed by atoms with Gasteiger partial charge >= 0.3 is 0 Å². The molecular formula is C29H25FN4O6S. The van der Waals surface area contributed by atoms with Crippen molar-refractivity contribution in [3.63, 3.8) is 0 Å². The highest BCUT2D eigenvalue weighted by atomic mass is 32.2. The number of ether oxygens (including phenoxy) is 2. The molecule has 1 amide bonds. The maximum Gasteiger partial charge on any atom is 0.284 e. The number of amides is 1. The van der Waals surface area contributed by atoms with Crippen LogP contribution in [-0.2, 0) is 15.7 Å². The van der Waals surface area contributed by atoms with E-state index in [-0.39, 0.29) is 22.7 Å². The van der Waals surface area contributed by atoms with Crippen LogP contribution in [0.1, 0.15) is 16.1 Å². The lowest BCUT2D eigenvalue weighted by molar-refractivity contribution is 0.102. The highest BCUT2D eigenvalue weighted by molar-refractivity contribution is 7.89. The predicted octanol–water partition coefficient (Wildman–Crippen LogP) is 4.69. The van der Waals surface area contributed by atoms with Crippen LogP contribution in [-0.4, -0.2) is 42.0 Å². The van der Waals surface area contributed by atoms with Crippen LogP contribution in [0.2, 0.25) is 0 Å². The average Bonchev–Trinajstić information content (AvgIpc) is 3.17. The number of sulfone groups is 1. The van der Waals surface area contributed by atoms with E-state index >= 15 is 4.39 Å². The van der Waals surface area contributed by atoms with Gasteiger partial charge in [-0.25, -0.2) is 17.5 Å². The van der Waals surface area contributed by atoms with Gasteiger partial charge in [0, 0.05) is 35.7 Å². The van der Waals surface area contributed by atoms with Crippen molar-refractivity contribution < 1.29 is 27.1 Å². The summed E-state index contributed by atoms with van der Waals surface area (Å²) in [6.07, 6.45) is 2.56. The summed E-state index contributed by atoms with van der Waals surface area (Å²) in [6, 6.07) is 19.0. The van der Waals surface area contributed by atoms with Crippen molar-refractivity contribution in [2.75, 3.05) is 18.7 Å². The molecule has 0 aliphatic carbocycles. The second-order valence-electron chi connectivity index (χ2n) is 9.26. The molecule has 0 saturated carbocycles. The second kappa shape index (κ2) is 10.9. The molecule has 0 radical (unpaired) electrons. The normalized spacial score (nSPS) is 11.4. The Balaban J connectivity index is 1.44. The second-order valence-corrected chi connectivity index (χ2v) is 11.4. The standard InChI is InChI=1S/C29H25FN4O6S/c1-18-27(29(36)34(20-7-5-4-6-8-20)33(18)17-41(3,37)38)28(35)32-19-9-12-26(23(30)15-19)40-25-13-14-31-24-16-21(39-2)10-11-22(24)25/h4-16H,17H2,1-3H3,(H,32,35). The number of rotatable bonds is 8. The molecule has 0 atom stereocenters. The summed E-state index contributed by atoms with van der Waals surface area (Å²) in [5.74, 6) is -1.19. The average molecular weight is 577 g/mol. The van der Waals surface area contributed by atoms with Crippen LogP contribution in [0.15, 0.2) is 83.8 Å². The van der Waals surface area contributed by atoms with Gasteiger partial charge in [-0.3, -0.25) is 19.3 Å². The number of carbonyl (C=O) groups is 1. The molecule has 2 heterocycles. The van der Waals surface area contributed by atoms with Crippen LogP contribution in [0.3, 0.4) is 0 Å². The minimum atomic E-state index is -3.57. The van der Waals surface area contributed by atoms with Crippen molar-refractivity contribution >= 4 is 32.3 Å². The molecule has 5 rings (SSSR count). The fraction of sp³-hybridized carbons (Fsp3) is 0.138. The van der Waals surface area contributed by atoms with Gasteiger partial charge in [0.25, 0.3) is 11.5 Å². The number of aromatic nitrogens is 3.